The lowest BCUT2D eigenvalue weighted by atomic mass is 10.1. The third-order valence-electron chi connectivity index (χ3n) is 6.00. The zero-order valence-corrected chi connectivity index (χ0v) is 18.7. The van der Waals surface area contributed by atoms with Crippen LogP contribution in [-0.4, -0.2) is 40.0 Å². The van der Waals surface area contributed by atoms with Gasteiger partial charge in [-0.05, 0) is 32.4 Å². The number of anilines is 2. The van der Waals surface area contributed by atoms with E-state index in [9.17, 15) is 9.18 Å². The van der Waals surface area contributed by atoms with Gasteiger partial charge in [-0.1, -0.05) is 12.1 Å². The molecule has 0 aliphatic carbocycles. The Balaban J connectivity index is 1.47. The molecule has 1 aliphatic heterocycles. The number of carbonyl (C=O) groups excluding carboxylic acids is 1. The van der Waals surface area contributed by atoms with Crippen molar-refractivity contribution in [1.29, 1.82) is 0 Å². The molecule has 0 spiro atoms. The number of aromatic nitrogens is 3. The molecule has 8 nitrogen and oxygen atoms in total. The quantitative estimate of drug-likeness (QED) is 0.474. The van der Waals surface area contributed by atoms with E-state index in [1.54, 1.807) is 12.3 Å². The van der Waals surface area contributed by atoms with Crippen LogP contribution in [0.15, 0.2) is 41.1 Å². The second kappa shape index (κ2) is 8.31. The minimum Gasteiger partial charge on any atom is -0.461 e. The van der Waals surface area contributed by atoms with Crippen LogP contribution >= 0.6 is 0 Å². The summed E-state index contributed by atoms with van der Waals surface area (Å²) in [4.78, 5) is 27.3. The summed E-state index contributed by atoms with van der Waals surface area (Å²) in [6.07, 6.45) is 3.76. The van der Waals surface area contributed by atoms with Gasteiger partial charge in [0, 0.05) is 37.0 Å². The summed E-state index contributed by atoms with van der Waals surface area (Å²) in [6, 6.07) is 7.34. The van der Waals surface area contributed by atoms with Crippen molar-refractivity contribution in [2.24, 2.45) is 0 Å². The number of halogens is 1. The molecule has 4 aromatic rings. The molecule has 1 fully saturated rings. The monoisotopic (exact) mass is 448 g/mol. The molecule has 1 saturated heterocycles. The van der Waals surface area contributed by atoms with Gasteiger partial charge in [-0.25, -0.2) is 19.3 Å². The first-order valence-corrected chi connectivity index (χ1v) is 11.0. The second-order valence-electron chi connectivity index (χ2n) is 8.48. The van der Waals surface area contributed by atoms with Crippen LogP contribution in [0, 0.1) is 12.7 Å². The van der Waals surface area contributed by atoms with Crippen LogP contribution in [0.25, 0.3) is 21.9 Å². The summed E-state index contributed by atoms with van der Waals surface area (Å²) in [5, 5.41) is 7.74. The van der Waals surface area contributed by atoms with Crippen LogP contribution in [0.5, 0.6) is 0 Å². The molecule has 33 heavy (non-hydrogen) atoms. The van der Waals surface area contributed by atoms with Crippen molar-refractivity contribution in [3.63, 3.8) is 0 Å². The first kappa shape index (κ1) is 21.1. The summed E-state index contributed by atoms with van der Waals surface area (Å²) >= 11 is 0. The molecule has 1 amide bonds. The SMILES string of the molecule is CC(=O)N[C@@H]1CCN(c2cc3c(N[C@H](C)c4cccc5c(F)coc45)nc(C)nc3cn2)C1. The molecule has 9 heteroatoms. The summed E-state index contributed by atoms with van der Waals surface area (Å²) in [5.41, 5.74) is 2.10. The fourth-order valence-corrected chi connectivity index (χ4v) is 4.47. The topological polar surface area (TPSA) is 96.2 Å². The van der Waals surface area contributed by atoms with Crippen molar-refractivity contribution in [3.05, 3.63) is 53.9 Å². The maximum Gasteiger partial charge on any atom is 0.217 e. The zero-order valence-electron chi connectivity index (χ0n) is 18.7. The number of fused-ring (bicyclic) bond motifs is 2. The highest BCUT2D eigenvalue weighted by atomic mass is 19.1. The van der Waals surface area contributed by atoms with Gasteiger partial charge in [0.2, 0.25) is 5.91 Å². The molecule has 1 aromatic carbocycles. The van der Waals surface area contributed by atoms with Crippen molar-refractivity contribution >= 4 is 39.4 Å². The summed E-state index contributed by atoms with van der Waals surface area (Å²) in [5.74, 6) is 1.72. The Morgan fingerprint density at radius 3 is 2.97 bits per heavy atom. The van der Waals surface area contributed by atoms with Crippen LogP contribution in [-0.2, 0) is 4.79 Å². The minimum atomic E-state index is -0.374. The number of amides is 1. The fraction of sp³-hybridized carbons (Fsp3) is 0.333. The molecule has 2 N–H and O–H groups in total. The molecule has 2 atom stereocenters. The molecule has 0 unspecified atom stereocenters. The van der Waals surface area contributed by atoms with Crippen molar-refractivity contribution in [2.45, 2.75) is 39.3 Å². The third-order valence-corrected chi connectivity index (χ3v) is 6.00. The highest BCUT2D eigenvalue weighted by Crippen LogP contribution is 2.32. The molecule has 0 radical (unpaired) electrons. The van der Waals surface area contributed by atoms with Gasteiger partial charge in [-0.3, -0.25) is 4.79 Å². The van der Waals surface area contributed by atoms with Crippen LogP contribution in [0.2, 0.25) is 0 Å². The van der Waals surface area contributed by atoms with Gasteiger partial charge in [0.25, 0.3) is 0 Å². The van der Waals surface area contributed by atoms with Gasteiger partial charge >= 0.3 is 0 Å². The zero-order chi connectivity index (χ0) is 23.1. The van der Waals surface area contributed by atoms with E-state index in [1.807, 2.05) is 32.0 Å². The standard InChI is InChI=1S/C24H25FN6O2/c1-13(17-5-4-6-18-20(25)12-33-23(17)18)27-24-19-9-22(26-10-21(19)28-14(2)29-24)31-8-7-16(11-31)30-15(3)32/h4-6,9-10,12-13,16H,7-8,11H2,1-3H3,(H,30,32)(H,27,28,29)/t13-,16-/m1/s1. The number of nitrogens with zero attached hydrogens (tertiary/aromatic N) is 4. The van der Waals surface area contributed by atoms with Gasteiger partial charge in [-0.15, -0.1) is 0 Å². The van der Waals surface area contributed by atoms with E-state index in [1.165, 1.54) is 6.92 Å². The van der Waals surface area contributed by atoms with Crippen molar-refractivity contribution in [3.8, 4) is 0 Å². The van der Waals surface area contributed by atoms with Crippen molar-refractivity contribution < 1.29 is 13.6 Å². The first-order chi connectivity index (χ1) is 15.9. The van der Waals surface area contributed by atoms with Gasteiger partial charge < -0.3 is 20.0 Å². The summed E-state index contributed by atoms with van der Waals surface area (Å²) in [6.45, 7) is 6.87. The number of rotatable bonds is 5. The Bertz CT molecular complexity index is 1350. The van der Waals surface area contributed by atoms with E-state index in [0.29, 0.717) is 29.2 Å². The number of benzene rings is 1. The smallest absolute Gasteiger partial charge is 0.217 e. The minimum absolute atomic E-state index is 0.0240. The molecule has 0 saturated carbocycles. The molecule has 5 rings (SSSR count). The molecular formula is C24H25FN6O2. The lowest BCUT2D eigenvalue weighted by molar-refractivity contribution is -0.119. The van der Waals surface area contributed by atoms with Crippen LogP contribution < -0.4 is 15.5 Å². The van der Waals surface area contributed by atoms with Gasteiger partial charge in [-0.2, -0.15) is 0 Å². The Labute approximate surface area is 190 Å². The predicted molar refractivity (Wildman–Crippen MR) is 125 cm³/mol. The van der Waals surface area contributed by atoms with E-state index >= 15 is 0 Å². The number of hydrogen-bond donors (Lipinski definition) is 2. The number of aryl methyl sites for hydroxylation is 1. The fourth-order valence-electron chi connectivity index (χ4n) is 4.47. The van der Waals surface area contributed by atoms with E-state index in [-0.39, 0.29) is 23.8 Å². The maximum absolute atomic E-state index is 14.0. The summed E-state index contributed by atoms with van der Waals surface area (Å²) < 4.78 is 19.5. The van der Waals surface area contributed by atoms with E-state index in [2.05, 4.69) is 30.5 Å². The second-order valence-corrected chi connectivity index (χ2v) is 8.48. The Kier molecular flexibility index (Phi) is 5.32. The normalized spacial score (nSPS) is 17.0. The number of para-hydroxylation sites is 1. The Morgan fingerprint density at radius 2 is 2.15 bits per heavy atom. The Hall–Kier alpha value is -3.75. The van der Waals surface area contributed by atoms with E-state index < -0.39 is 0 Å². The average Bonchev–Trinajstić information content (AvgIpc) is 3.39. The number of carbonyl (C=O) groups is 1. The molecule has 4 heterocycles. The van der Waals surface area contributed by atoms with Crippen molar-refractivity contribution in [2.75, 3.05) is 23.3 Å². The third kappa shape index (κ3) is 4.06. The number of pyridine rings is 1. The van der Waals surface area contributed by atoms with E-state index in [4.69, 9.17) is 4.42 Å². The molecule has 170 valence electrons. The van der Waals surface area contributed by atoms with Crippen LogP contribution in [0.3, 0.4) is 0 Å². The Morgan fingerprint density at radius 1 is 1.30 bits per heavy atom. The largest absolute Gasteiger partial charge is 0.461 e. The van der Waals surface area contributed by atoms with E-state index in [0.717, 1.165) is 41.5 Å². The van der Waals surface area contributed by atoms with Gasteiger partial charge in [0.1, 0.15) is 29.3 Å². The highest BCUT2D eigenvalue weighted by Gasteiger charge is 2.25. The first-order valence-electron chi connectivity index (χ1n) is 11.0. The predicted octanol–water partition coefficient (Wildman–Crippen LogP) is 4.11. The van der Waals surface area contributed by atoms with Crippen molar-refractivity contribution in [1.82, 2.24) is 20.3 Å². The lowest BCUT2D eigenvalue weighted by Gasteiger charge is -2.20. The van der Waals surface area contributed by atoms with Crippen LogP contribution in [0.4, 0.5) is 16.0 Å². The number of nitrogens with one attached hydrogen (secondary N) is 2. The number of furan rings is 1. The van der Waals surface area contributed by atoms with Crippen LogP contribution in [0.1, 0.15) is 37.7 Å². The van der Waals surface area contributed by atoms with Gasteiger partial charge in [0.05, 0.1) is 23.1 Å². The maximum atomic E-state index is 14.0. The summed E-state index contributed by atoms with van der Waals surface area (Å²) in [7, 11) is 0. The lowest BCUT2D eigenvalue weighted by Crippen LogP contribution is -2.35. The molecule has 1 aliphatic rings. The van der Waals surface area contributed by atoms with Gasteiger partial charge in [0.15, 0.2) is 5.82 Å². The molecule has 3 aromatic heterocycles. The molecule has 0 bridgehead atoms. The number of hydrogen-bond acceptors (Lipinski definition) is 7. The molecular weight excluding hydrogens is 423 g/mol. The highest BCUT2D eigenvalue weighted by molar-refractivity contribution is 5.91. The average molecular weight is 449 g/mol.